The first kappa shape index (κ1) is 32.0. The average molecular weight is 607 g/mol. The fraction of sp³-hybridized carbons (Fsp3) is 0.333. The van der Waals surface area contributed by atoms with Crippen LogP contribution < -0.4 is 19.3 Å². The van der Waals surface area contributed by atoms with E-state index in [2.05, 4.69) is 15.3 Å². The van der Waals surface area contributed by atoms with Crippen LogP contribution in [-0.2, 0) is 21.2 Å². The number of hydrogen-bond acceptors (Lipinski definition) is 9. The third-order valence-corrected chi connectivity index (χ3v) is 7.93. The maximum atomic E-state index is 13.9. The highest BCUT2D eigenvalue weighted by Gasteiger charge is 2.29. The van der Waals surface area contributed by atoms with Gasteiger partial charge in [-0.25, -0.2) is 31.8 Å². The van der Waals surface area contributed by atoms with Crippen molar-refractivity contribution < 1.29 is 36.6 Å². The molecule has 42 heavy (non-hydrogen) atoms. The van der Waals surface area contributed by atoms with Gasteiger partial charge in [0, 0.05) is 46.7 Å². The Kier molecular flexibility index (Phi) is 10.2. The van der Waals surface area contributed by atoms with Gasteiger partial charge in [-0.1, -0.05) is 12.1 Å². The summed E-state index contributed by atoms with van der Waals surface area (Å²) in [5.74, 6) is -3.07. The molecule has 3 rings (SSSR count). The molecule has 0 saturated heterocycles. The summed E-state index contributed by atoms with van der Waals surface area (Å²) < 4.78 is 60.3. The summed E-state index contributed by atoms with van der Waals surface area (Å²) in [6.45, 7) is 4.75. The van der Waals surface area contributed by atoms with E-state index in [-0.39, 0.29) is 29.6 Å². The highest BCUT2D eigenvalue weighted by Crippen LogP contribution is 2.30. The van der Waals surface area contributed by atoms with Crippen LogP contribution in [0.5, 0.6) is 5.75 Å². The van der Waals surface area contributed by atoms with Crippen LogP contribution in [-0.4, -0.2) is 80.7 Å². The molecule has 15 heteroatoms. The largest absolute Gasteiger partial charge is 0.480 e. The van der Waals surface area contributed by atoms with Crippen molar-refractivity contribution in [3.8, 4) is 5.75 Å². The molecule has 1 heterocycles. The number of carboxylic acid groups (broad SMARTS) is 1. The molecule has 2 aromatic carbocycles. The number of aromatic nitrogens is 2. The second-order valence-corrected chi connectivity index (χ2v) is 11.3. The summed E-state index contributed by atoms with van der Waals surface area (Å²) in [5, 5.41) is 12.8. The van der Waals surface area contributed by atoms with Crippen LogP contribution >= 0.6 is 0 Å². The highest BCUT2D eigenvalue weighted by molar-refractivity contribution is 7.92. The molecule has 1 aromatic heterocycles. The Morgan fingerprint density at radius 1 is 1.02 bits per heavy atom. The molecule has 0 saturated carbocycles. The van der Waals surface area contributed by atoms with Crippen molar-refractivity contribution in [3.05, 3.63) is 65.9 Å². The number of carbonyl (C=O) groups excluding carboxylic acids is 1. The van der Waals surface area contributed by atoms with Crippen LogP contribution in [0.3, 0.4) is 0 Å². The first-order valence-electron chi connectivity index (χ1n) is 12.8. The van der Waals surface area contributed by atoms with Gasteiger partial charge < -0.3 is 25.0 Å². The van der Waals surface area contributed by atoms with Crippen LogP contribution in [0.1, 0.15) is 19.4 Å². The van der Waals surface area contributed by atoms with Crippen LogP contribution in [0.2, 0.25) is 0 Å². The first-order valence-corrected chi connectivity index (χ1v) is 14.2. The number of carboxylic acids is 1. The zero-order valence-electron chi connectivity index (χ0n) is 23.7. The third-order valence-electron chi connectivity index (χ3n) is 6.18. The minimum absolute atomic E-state index is 0.0626. The van der Waals surface area contributed by atoms with E-state index in [0.717, 1.165) is 11.4 Å². The molecule has 1 atom stereocenters. The van der Waals surface area contributed by atoms with Crippen molar-refractivity contribution in [1.29, 1.82) is 0 Å². The van der Waals surface area contributed by atoms with Crippen LogP contribution in [0.4, 0.5) is 31.0 Å². The predicted molar refractivity (Wildman–Crippen MR) is 152 cm³/mol. The molecule has 0 bridgehead atoms. The summed E-state index contributed by atoms with van der Waals surface area (Å²) in [5.41, 5.74) is 0.420. The smallest absolute Gasteiger partial charge is 0.414 e. The molecule has 0 aliphatic carbocycles. The zero-order valence-corrected chi connectivity index (χ0v) is 24.5. The number of ether oxygens (including phenoxy) is 1. The van der Waals surface area contributed by atoms with Crippen molar-refractivity contribution in [3.63, 3.8) is 0 Å². The second kappa shape index (κ2) is 13.4. The van der Waals surface area contributed by atoms with E-state index in [1.807, 2.05) is 13.8 Å². The molecule has 2 N–H and O–H groups in total. The molecular weight excluding hydrogens is 574 g/mol. The van der Waals surface area contributed by atoms with Crippen LogP contribution in [0, 0.1) is 11.6 Å². The number of sulfonamides is 1. The Labute approximate surface area is 242 Å². The quantitative estimate of drug-likeness (QED) is 0.314. The summed E-state index contributed by atoms with van der Waals surface area (Å²) >= 11 is 0. The summed E-state index contributed by atoms with van der Waals surface area (Å²) in [6.07, 6.45) is 0.559. The Morgan fingerprint density at radius 2 is 1.62 bits per heavy atom. The number of nitrogens with zero attached hydrogens (tertiary/aromatic N) is 5. The standard InChI is InChI=1S/C27H32F2N6O6S/c1-6-35(7-2)26-30-16-23(34(5)42(39,40)21-14-18(28)13-19(29)15-21)24(32-26)31-22(25(36)37)12-17-8-10-20(11-9-17)41-27(38)33(3)4/h8-11,13-16,22H,6-7,12H2,1-5H3,(H,36,37)(H,30,31,32). The molecule has 3 aromatic rings. The summed E-state index contributed by atoms with van der Waals surface area (Å²) in [6, 6.07) is 6.82. The third kappa shape index (κ3) is 7.60. The number of hydrogen-bond donors (Lipinski definition) is 2. The molecule has 226 valence electrons. The van der Waals surface area contributed by atoms with Gasteiger partial charge in [0.25, 0.3) is 10.0 Å². The molecule has 12 nitrogen and oxygen atoms in total. The lowest BCUT2D eigenvalue weighted by atomic mass is 10.1. The van der Waals surface area contributed by atoms with Crippen LogP contribution in [0.15, 0.2) is 53.6 Å². The molecular formula is C27H32F2N6O6S. The number of benzene rings is 2. The second-order valence-electron chi connectivity index (χ2n) is 9.30. The molecule has 0 aliphatic heterocycles. The predicted octanol–water partition coefficient (Wildman–Crippen LogP) is 3.59. The van der Waals surface area contributed by atoms with Gasteiger partial charge in [0.05, 0.1) is 11.1 Å². The minimum atomic E-state index is -4.51. The van der Waals surface area contributed by atoms with E-state index >= 15 is 0 Å². The molecule has 0 fully saturated rings. The zero-order chi connectivity index (χ0) is 31.2. The number of rotatable bonds is 12. The SMILES string of the molecule is CCN(CC)c1ncc(N(C)S(=O)(=O)c2cc(F)cc(F)c2)c(NC(Cc2ccc(OC(=O)N(C)C)cc2)C(=O)O)n1. The maximum absolute atomic E-state index is 13.9. The van der Waals surface area contributed by atoms with Gasteiger partial charge in [-0.3, -0.25) is 4.31 Å². The van der Waals surface area contributed by atoms with Gasteiger partial charge in [-0.2, -0.15) is 4.98 Å². The Balaban J connectivity index is 1.99. The topological polar surface area (TPSA) is 145 Å². The number of carbonyl (C=O) groups is 2. The van der Waals surface area contributed by atoms with Crippen LogP contribution in [0.25, 0.3) is 0 Å². The van der Waals surface area contributed by atoms with Gasteiger partial charge >= 0.3 is 12.1 Å². The lowest BCUT2D eigenvalue weighted by Crippen LogP contribution is -2.35. The van der Waals surface area contributed by atoms with Gasteiger partial charge in [0.15, 0.2) is 5.82 Å². The van der Waals surface area contributed by atoms with Gasteiger partial charge in [-0.15, -0.1) is 0 Å². The summed E-state index contributed by atoms with van der Waals surface area (Å²) in [7, 11) is -0.303. The van der Waals surface area contributed by atoms with Crippen molar-refractivity contribution in [2.24, 2.45) is 0 Å². The van der Waals surface area contributed by atoms with Crippen molar-refractivity contribution in [1.82, 2.24) is 14.9 Å². The normalized spacial score (nSPS) is 11.9. The Hall–Kier alpha value is -4.53. The van der Waals surface area contributed by atoms with Gasteiger partial charge in [-0.05, 0) is 43.7 Å². The monoisotopic (exact) mass is 606 g/mol. The number of aliphatic carboxylic acids is 1. The van der Waals surface area contributed by atoms with E-state index in [1.54, 1.807) is 17.0 Å². The number of halogens is 2. The van der Waals surface area contributed by atoms with Crippen molar-refractivity contribution >= 4 is 39.5 Å². The fourth-order valence-electron chi connectivity index (χ4n) is 3.81. The first-order chi connectivity index (χ1) is 19.8. The number of nitrogens with one attached hydrogen (secondary N) is 1. The molecule has 1 amide bonds. The van der Waals surface area contributed by atoms with E-state index in [4.69, 9.17) is 4.74 Å². The van der Waals surface area contributed by atoms with E-state index < -0.39 is 44.7 Å². The minimum Gasteiger partial charge on any atom is -0.480 e. The fourth-order valence-corrected chi connectivity index (χ4v) is 5.04. The maximum Gasteiger partial charge on any atom is 0.414 e. The molecule has 0 aliphatic rings. The van der Waals surface area contributed by atoms with Crippen molar-refractivity contribution in [2.75, 3.05) is 48.8 Å². The van der Waals surface area contributed by atoms with Gasteiger partial charge in [0.1, 0.15) is 29.1 Å². The number of amides is 1. The van der Waals surface area contributed by atoms with Gasteiger partial charge in [0.2, 0.25) is 5.95 Å². The molecule has 0 spiro atoms. The van der Waals surface area contributed by atoms with E-state index in [0.29, 0.717) is 36.9 Å². The van der Waals surface area contributed by atoms with E-state index in [1.165, 1.54) is 37.3 Å². The van der Waals surface area contributed by atoms with Crippen molar-refractivity contribution in [2.45, 2.75) is 31.2 Å². The molecule has 1 unspecified atom stereocenters. The highest BCUT2D eigenvalue weighted by atomic mass is 32.2. The Bertz CT molecular complexity index is 1510. The number of anilines is 3. The Morgan fingerprint density at radius 3 is 2.14 bits per heavy atom. The lowest BCUT2D eigenvalue weighted by molar-refractivity contribution is -0.137. The summed E-state index contributed by atoms with van der Waals surface area (Å²) in [4.78, 5) is 35.1. The lowest BCUT2D eigenvalue weighted by Gasteiger charge is -2.26. The average Bonchev–Trinajstić information content (AvgIpc) is 2.93. The van der Waals surface area contributed by atoms with E-state index in [9.17, 15) is 31.9 Å². The molecule has 0 radical (unpaired) electrons.